The monoisotopic (exact) mass is 494 g/mol. The number of allylic oxidation sites excluding steroid dienone is 3. The summed E-state index contributed by atoms with van der Waals surface area (Å²) in [5.41, 5.74) is -2.47. The number of hydrogen-bond acceptors (Lipinski definition) is 8. The molecule has 0 unspecified atom stereocenters. The maximum absolute atomic E-state index is 13.5. The van der Waals surface area contributed by atoms with Gasteiger partial charge in [0.05, 0.1) is 5.56 Å². The third-order valence-corrected chi connectivity index (χ3v) is 7.24. The van der Waals surface area contributed by atoms with Crippen molar-refractivity contribution >= 4 is 29.2 Å². The van der Waals surface area contributed by atoms with E-state index < -0.39 is 51.9 Å². The molecule has 4 N–H and O–H groups in total. The highest BCUT2D eigenvalue weighted by Gasteiger charge is 2.59. The average Bonchev–Trinajstić information content (AvgIpc) is 2.74. The van der Waals surface area contributed by atoms with Crippen LogP contribution in [0.2, 0.25) is 0 Å². The maximum atomic E-state index is 13.5. The van der Waals surface area contributed by atoms with Crippen LogP contribution in [-0.4, -0.2) is 49.2 Å². The van der Waals surface area contributed by atoms with Crippen LogP contribution in [0.4, 0.5) is 0 Å². The number of rotatable bonds is 4. The van der Waals surface area contributed by atoms with Crippen LogP contribution in [0, 0.1) is 17.3 Å². The summed E-state index contributed by atoms with van der Waals surface area (Å²) in [6.07, 6.45) is 3.46. The number of Topliss-reactive ketones (excluding diaryl/α,β-unsaturated/α-hetero) is 3. The highest BCUT2D eigenvalue weighted by atomic mass is 16.3. The number of aliphatic hydroxyl groups excluding tert-OH is 2. The number of hydrogen-bond donors (Lipinski definition) is 4. The lowest BCUT2D eigenvalue weighted by atomic mass is 9.60. The Kier molecular flexibility index (Phi) is 6.07. The predicted molar refractivity (Wildman–Crippen MR) is 130 cm³/mol. The molecule has 8 nitrogen and oxygen atoms in total. The number of benzene rings is 1. The quantitative estimate of drug-likeness (QED) is 0.366. The topological polar surface area (TPSA) is 149 Å². The Morgan fingerprint density at radius 2 is 1.78 bits per heavy atom. The summed E-state index contributed by atoms with van der Waals surface area (Å²) < 4.78 is 0. The van der Waals surface area contributed by atoms with Gasteiger partial charge in [0.2, 0.25) is 5.78 Å². The van der Waals surface area contributed by atoms with Crippen LogP contribution < -0.4 is 0 Å². The lowest BCUT2D eigenvalue weighted by Gasteiger charge is -2.45. The van der Waals surface area contributed by atoms with Crippen molar-refractivity contribution in [3.8, 4) is 5.75 Å². The number of phenols is 1. The molecule has 1 aromatic rings. The number of aromatic hydroxyl groups is 1. The smallest absolute Gasteiger partial charge is 0.209 e. The Balaban J connectivity index is 1.79. The van der Waals surface area contributed by atoms with Crippen LogP contribution in [0.25, 0.3) is 6.08 Å². The fraction of sp³-hybridized carbons (Fsp3) is 0.429. The zero-order valence-electron chi connectivity index (χ0n) is 20.7. The van der Waals surface area contributed by atoms with Gasteiger partial charge in [0.15, 0.2) is 23.0 Å². The Morgan fingerprint density at radius 1 is 1.11 bits per heavy atom. The predicted octanol–water partition coefficient (Wildman–Crippen LogP) is 3.70. The van der Waals surface area contributed by atoms with Crippen LogP contribution in [0.5, 0.6) is 5.75 Å². The molecule has 0 radical (unpaired) electrons. The summed E-state index contributed by atoms with van der Waals surface area (Å²) in [7, 11) is 0. The third kappa shape index (κ3) is 3.99. The molecule has 190 valence electrons. The Bertz CT molecular complexity index is 1300. The van der Waals surface area contributed by atoms with Gasteiger partial charge in [0, 0.05) is 24.3 Å². The van der Waals surface area contributed by atoms with Gasteiger partial charge in [-0.25, -0.2) is 0 Å². The third-order valence-electron chi connectivity index (χ3n) is 7.24. The molecule has 8 heteroatoms. The normalized spacial score (nSPS) is 26.1. The van der Waals surface area contributed by atoms with Gasteiger partial charge in [-0.05, 0) is 54.4 Å². The highest BCUT2D eigenvalue weighted by Crippen LogP contribution is 2.51. The van der Waals surface area contributed by atoms with E-state index in [9.17, 15) is 39.6 Å². The van der Waals surface area contributed by atoms with Crippen molar-refractivity contribution in [2.24, 2.45) is 17.3 Å². The van der Waals surface area contributed by atoms with Crippen LogP contribution in [0.15, 0.2) is 40.9 Å². The summed E-state index contributed by atoms with van der Waals surface area (Å²) in [6, 6.07) is 2.93. The molecular formula is C28H30O8. The van der Waals surface area contributed by atoms with E-state index in [-0.39, 0.29) is 47.3 Å². The van der Waals surface area contributed by atoms with E-state index in [1.54, 1.807) is 12.1 Å². The zero-order chi connectivity index (χ0) is 26.7. The van der Waals surface area contributed by atoms with Crippen molar-refractivity contribution in [1.29, 1.82) is 0 Å². The molecule has 0 aromatic heterocycles. The molecule has 0 spiro atoms. The van der Waals surface area contributed by atoms with E-state index >= 15 is 0 Å². The summed E-state index contributed by atoms with van der Waals surface area (Å²) in [5.74, 6) is -5.85. The highest BCUT2D eigenvalue weighted by molar-refractivity contribution is 6.25. The van der Waals surface area contributed by atoms with Gasteiger partial charge in [-0.2, -0.15) is 0 Å². The van der Waals surface area contributed by atoms with Gasteiger partial charge in [-0.15, -0.1) is 0 Å². The Morgan fingerprint density at radius 3 is 2.39 bits per heavy atom. The number of ketones is 4. The van der Waals surface area contributed by atoms with E-state index in [4.69, 9.17) is 0 Å². The van der Waals surface area contributed by atoms with E-state index in [0.717, 1.165) is 6.92 Å². The number of phenolic OH excluding ortho intramolecular Hbond substituents is 1. The van der Waals surface area contributed by atoms with Gasteiger partial charge in [0.1, 0.15) is 22.8 Å². The molecule has 0 saturated carbocycles. The number of fused-ring (bicyclic) bond motifs is 3. The maximum Gasteiger partial charge on any atom is 0.209 e. The first-order valence-electron chi connectivity index (χ1n) is 11.9. The van der Waals surface area contributed by atoms with Crippen LogP contribution >= 0.6 is 0 Å². The number of carbonyl (C=O) groups excluding carboxylic acids is 4. The average molecular weight is 495 g/mol. The van der Waals surface area contributed by atoms with Crippen LogP contribution in [0.1, 0.15) is 68.4 Å². The fourth-order valence-corrected chi connectivity index (χ4v) is 5.67. The Hall–Kier alpha value is -3.52. The SMILES string of the molecule is CC(=O)C1=C(O)C[C@@H]2C[C@@H]3Cc4c(/C=C/C(=O)CC(C)(C)C)ccc(O)c4C(=O)C3=C(O)[C@]2(O)C1=O. The van der Waals surface area contributed by atoms with Gasteiger partial charge < -0.3 is 20.4 Å². The van der Waals surface area contributed by atoms with Gasteiger partial charge >= 0.3 is 0 Å². The van der Waals surface area contributed by atoms with Crippen molar-refractivity contribution in [3.05, 3.63) is 57.6 Å². The second kappa shape index (κ2) is 8.55. The Labute approximate surface area is 208 Å². The molecule has 0 fully saturated rings. The largest absolute Gasteiger partial charge is 0.511 e. The number of aliphatic hydroxyl groups is 3. The van der Waals surface area contributed by atoms with E-state index in [1.165, 1.54) is 12.1 Å². The fourth-order valence-electron chi connectivity index (χ4n) is 5.67. The molecule has 3 atom stereocenters. The van der Waals surface area contributed by atoms with E-state index in [1.807, 2.05) is 20.8 Å². The first-order valence-corrected chi connectivity index (χ1v) is 11.9. The summed E-state index contributed by atoms with van der Waals surface area (Å²) in [4.78, 5) is 50.9. The molecule has 4 rings (SSSR count). The minimum atomic E-state index is -2.52. The molecule has 0 bridgehead atoms. The molecule has 36 heavy (non-hydrogen) atoms. The minimum Gasteiger partial charge on any atom is -0.511 e. The number of carbonyl (C=O) groups is 4. The van der Waals surface area contributed by atoms with Gasteiger partial charge in [0.25, 0.3) is 0 Å². The summed E-state index contributed by atoms with van der Waals surface area (Å²) in [6.45, 7) is 6.93. The van der Waals surface area contributed by atoms with Crippen LogP contribution in [-0.2, 0) is 20.8 Å². The molecule has 1 aromatic carbocycles. The molecule has 0 amide bonds. The van der Waals surface area contributed by atoms with Crippen LogP contribution in [0.3, 0.4) is 0 Å². The molecule has 0 heterocycles. The lowest BCUT2D eigenvalue weighted by Crippen LogP contribution is -2.56. The summed E-state index contributed by atoms with van der Waals surface area (Å²) in [5, 5.41) is 43.3. The van der Waals surface area contributed by atoms with Crippen molar-refractivity contribution in [2.75, 3.05) is 0 Å². The van der Waals surface area contributed by atoms with Gasteiger partial charge in [-0.1, -0.05) is 32.9 Å². The van der Waals surface area contributed by atoms with E-state index in [0.29, 0.717) is 17.5 Å². The molecular weight excluding hydrogens is 464 g/mol. The van der Waals surface area contributed by atoms with Gasteiger partial charge in [-0.3, -0.25) is 19.2 Å². The lowest BCUT2D eigenvalue weighted by molar-refractivity contribution is -0.144. The van der Waals surface area contributed by atoms with Crippen molar-refractivity contribution in [3.63, 3.8) is 0 Å². The second-order valence-electron chi connectivity index (χ2n) is 11.2. The second-order valence-corrected chi connectivity index (χ2v) is 11.2. The standard InChI is InChI=1S/C28H30O8/c1-13(29)21-20(32)11-16-9-15-10-18-14(5-7-17(30)12-27(2,3)4)6-8-19(31)23(18)24(33)22(15)26(35)28(16,36)25(21)34/h5-8,15-16,31-32,35-36H,9-12H2,1-4H3/b7-5+/t15-,16+,28-/m1/s1. The minimum absolute atomic E-state index is 0.0614. The van der Waals surface area contributed by atoms with E-state index in [2.05, 4.69) is 0 Å². The summed E-state index contributed by atoms with van der Waals surface area (Å²) >= 11 is 0. The van der Waals surface area contributed by atoms with Crippen molar-refractivity contribution in [1.82, 2.24) is 0 Å². The first-order chi connectivity index (χ1) is 16.7. The first kappa shape index (κ1) is 25.6. The zero-order valence-corrected chi connectivity index (χ0v) is 20.7. The van der Waals surface area contributed by atoms with Crippen molar-refractivity contribution < 1.29 is 39.6 Å². The molecule has 3 aliphatic carbocycles. The molecule has 0 saturated heterocycles. The van der Waals surface area contributed by atoms with Crippen molar-refractivity contribution in [2.45, 2.75) is 59.0 Å². The molecule has 0 aliphatic heterocycles. The molecule has 3 aliphatic rings.